The monoisotopic (exact) mass is 247 g/mol. The van der Waals surface area contributed by atoms with E-state index in [-0.39, 0.29) is 0 Å². The Labute approximate surface area is 108 Å². The Morgan fingerprint density at radius 2 is 1.94 bits per heavy atom. The van der Waals surface area contributed by atoms with Crippen molar-refractivity contribution in [1.29, 1.82) is 0 Å². The summed E-state index contributed by atoms with van der Waals surface area (Å²) >= 11 is 2.11. The molecule has 2 fully saturated rings. The van der Waals surface area contributed by atoms with Crippen LogP contribution in [0.2, 0.25) is 0 Å². The third kappa shape index (κ3) is 2.69. The minimum atomic E-state index is 0.599. The van der Waals surface area contributed by atoms with Gasteiger partial charge in [-0.25, -0.2) is 0 Å². The van der Waals surface area contributed by atoms with Crippen LogP contribution in [0, 0.1) is 5.92 Å². The van der Waals surface area contributed by atoms with Gasteiger partial charge in [-0.2, -0.15) is 11.8 Å². The quantitative estimate of drug-likeness (QED) is 0.872. The third-order valence-electron chi connectivity index (χ3n) is 4.02. The highest BCUT2D eigenvalue weighted by Crippen LogP contribution is 2.42. The summed E-state index contributed by atoms with van der Waals surface area (Å²) in [5.74, 6) is 2.21. The summed E-state index contributed by atoms with van der Waals surface area (Å²) in [5.41, 5.74) is 1.49. The van der Waals surface area contributed by atoms with Gasteiger partial charge in [0, 0.05) is 17.3 Å². The maximum Gasteiger partial charge on any atom is 0.0351 e. The van der Waals surface area contributed by atoms with Gasteiger partial charge in [0.1, 0.15) is 0 Å². The van der Waals surface area contributed by atoms with Gasteiger partial charge in [0.05, 0.1) is 0 Å². The average Bonchev–Trinajstić information content (AvgIpc) is 3.12. The van der Waals surface area contributed by atoms with E-state index in [2.05, 4.69) is 54.3 Å². The molecular weight excluding hydrogens is 226 g/mol. The van der Waals surface area contributed by atoms with Crippen molar-refractivity contribution in [2.24, 2.45) is 5.92 Å². The molecule has 3 unspecified atom stereocenters. The predicted molar refractivity (Wildman–Crippen MR) is 75.4 cm³/mol. The van der Waals surface area contributed by atoms with Gasteiger partial charge in [-0.3, -0.25) is 0 Å². The summed E-state index contributed by atoms with van der Waals surface area (Å²) in [6.07, 6.45) is 4.14. The molecule has 1 aromatic carbocycles. The van der Waals surface area contributed by atoms with E-state index in [1.807, 2.05) is 0 Å². The minimum Gasteiger partial charge on any atom is -0.306 e. The molecule has 1 nitrogen and oxygen atoms in total. The number of thioether (sulfide) groups is 1. The first kappa shape index (κ1) is 11.6. The van der Waals surface area contributed by atoms with Gasteiger partial charge in [-0.05, 0) is 36.5 Å². The molecule has 2 heteroatoms. The van der Waals surface area contributed by atoms with Crippen LogP contribution < -0.4 is 5.32 Å². The van der Waals surface area contributed by atoms with Crippen LogP contribution in [0.5, 0.6) is 0 Å². The molecule has 3 rings (SSSR count). The zero-order valence-electron chi connectivity index (χ0n) is 10.4. The summed E-state index contributed by atoms with van der Waals surface area (Å²) in [6.45, 7) is 2.37. The second kappa shape index (κ2) is 5.03. The van der Waals surface area contributed by atoms with Crippen LogP contribution in [0.15, 0.2) is 30.3 Å². The lowest BCUT2D eigenvalue weighted by Crippen LogP contribution is -2.37. The van der Waals surface area contributed by atoms with Crippen molar-refractivity contribution in [3.8, 4) is 0 Å². The number of benzene rings is 1. The van der Waals surface area contributed by atoms with E-state index in [4.69, 9.17) is 0 Å². The summed E-state index contributed by atoms with van der Waals surface area (Å²) in [4.78, 5) is 0. The maximum absolute atomic E-state index is 3.92. The standard InChI is InChI=1S/C15H21NS/c1-11-14(9-10-17-11)16-15(13-7-8-13)12-5-3-2-4-6-12/h2-6,11,13-16H,7-10H2,1H3. The summed E-state index contributed by atoms with van der Waals surface area (Å²) in [5, 5.41) is 4.70. The largest absolute Gasteiger partial charge is 0.306 e. The van der Waals surface area contributed by atoms with E-state index < -0.39 is 0 Å². The molecule has 0 amide bonds. The van der Waals surface area contributed by atoms with E-state index in [0.717, 1.165) is 11.2 Å². The molecule has 1 aromatic rings. The number of rotatable bonds is 4. The molecule has 92 valence electrons. The highest BCUT2D eigenvalue weighted by atomic mass is 32.2. The van der Waals surface area contributed by atoms with E-state index in [1.54, 1.807) is 0 Å². The van der Waals surface area contributed by atoms with Crippen LogP contribution in [0.3, 0.4) is 0 Å². The lowest BCUT2D eigenvalue weighted by molar-refractivity contribution is 0.401. The highest BCUT2D eigenvalue weighted by Gasteiger charge is 2.35. The van der Waals surface area contributed by atoms with Gasteiger partial charge in [-0.15, -0.1) is 0 Å². The fourth-order valence-corrected chi connectivity index (χ4v) is 3.98. The van der Waals surface area contributed by atoms with Crippen molar-refractivity contribution in [3.05, 3.63) is 35.9 Å². The third-order valence-corrected chi connectivity index (χ3v) is 5.35. The van der Waals surface area contributed by atoms with Crippen molar-refractivity contribution in [3.63, 3.8) is 0 Å². The first-order valence-electron chi connectivity index (χ1n) is 6.77. The number of hydrogen-bond acceptors (Lipinski definition) is 2. The van der Waals surface area contributed by atoms with E-state index >= 15 is 0 Å². The fourth-order valence-electron chi connectivity index (χ4n) is 2.78. The predicted octanol–water partition coefficient (Wildman–Crippen LogP) is 3.62. The zero-order chi connectivity index (χ0) is 11.7. The second-order valence-electron chi connectivity index (χ2n) is 5.36. The first-order valence-corrected chi connectivity index (χ1v) is 7.82. The van der Waals surface area contributed by atoms with Crippen LogP contribution in [0.25, 0.3) is 0 Å². The minimum absolute atomic E-state index is 0.599. The summed E-state index contributed by atoms with van der Waals surface area (Å²) in [6, 6.07) is 12.3. The van der Waals surface area contributed by atoms with Crippen LogP contribution in [0.1, 0.15) is 37.8 Å². The van der Waals surface area contributed by atoms with Crippen molar-refractivity contribution in [2.45, 2.75) is 43.5 Å². The molecule has 0 radical (unpaired) electrons. The zero-order valence-corrected chi connectivity index (χ0v) is 11.2. The lowest BCUT2D eigenvalue weighted by Gasteiger charge is -2.25. The van der Waals surface area contributed by atoms with Crippen LogP contribution in [-0.4, -0.2) is 17.0 Å². The average molecular weight is 247 g/mol. The molecule has 2 aliphatic rings. The molecule has 1 aliphatic heterocycles. The molecule has 0 spiro atoms. The molecular formula is C15H21NS. The fraction of sp³-hybridized carbons (Fsp3) is 0.600. The molecule has 17 heavy (non-hydrogen) atoms. The van der Waals surface area contributed by atoms with Crippen molar-refractivity contribution in [1.82, 2.24) is 5.32 Å². The smallest absolute Gasteiger partial charge is 0.0351 e. The van der Waals surface area contributed by atoms with Crippen LogP contribution in [-0.2, 0) is 0 Å². The molecule has 0 bridgehead atoms. The Hall–Kier alpha value is -0.470. The van der Waals surface area contributed by atoms with Gasteiger partial charge < -0.3 is 5.32 Å². The van der Waals surface area contributed by atoms with E-state index in [1.165, 1.54) is 30.6 Å². The van der Waals surface area contributed by atoms with Crippen LogP contribution >= 0.6 is 11.8 Å². The van der Waals surface area contributed by atoms with E-state index in [0.29, 0.717) is 12.1 Å². The topological polar surface area (TPSA) is 12.0 Å². The van der Waals surface area contributed by atoms with Gasteiger partial charge >= 0.3 is 0 Å². The molecule has 3 atom stereocenters. The molecule has 1 heterocycles. The first-order chi connectivity index (χ1) is 8.34. The molecule has 1 aliphatic carbocycles. The molecule has 1 saturated heterocycles. The Balaban J connectivity index is 1.72. The van der Waals surface area contributed by atoms with Gasteiger partial charge in [0.2, 0.25) is 0 Å². The van der Waals surface area contributed by atoms with Gasteiger partial charge in [-0.1, -0.05) is 37.3 Å². The summed E-state index contributed by atoms with van der Waals surface area (Å²) in [7, 11) is 0. The summed E-state index contributed by atoms with van der Waals surface area (Å²) < 4.78 is 0. The van der Waals surface area contributed by atoms with Gasteiger partial charge in [0.15, 0.2) is 0 Å². The maximum atomic E-state index is 3.92. The van der Waals surface area contributed by atoms with E-state index in [9.17, 15) is 0 Å². The van der Waals surface area contributed by atoms with Crippen molar-refractivity contribution >= 4 is 11.8 Å². The molecule has 1 saturated carbocycles. The van der Waals surface area contributed by atoms with Crippen molar-refractivity contribution < 1.29 is 0 Å². The Morgan fingerprint density at radius 1 is 1.18 bits per heavy atom. The van der Waals surface area contributed by atoms with Gasteiger partial charge in [0.25, 0.3) is 0 Å². The molecule has 1 N–H and O–H groups in total. The highest BCUT2D eigenvalue weighted by molar-refractivity contribution is 8.00. The molecule has 0 aromatic heterocycles. The number of nitrogens with one attached hydrogen (secondary N) is 1. The Bertz CT molecular complexity index is 360. The second-order valence-corrected chi connectivity index (χ2v) is 6.85. The van der Waals surface area contributed by atoms with Crippen molar-refractivity contribution in [2.75, 3.05) is 5.75 Å². The number of hydrogen-bond donors (Lipinski definition) is 1. The van der Waals surface area contributed by atoms with Crippen LogP contribution in [0.4, 0.5) is 0 Å². The SMILES string of the molecule is CC1SCCC1NC(c1ccccc1)C1CC1. The normalized spacial score (nSPS) is 30.4. The lowest BCUT2D eigenvalue weighted by atomic mass is 10.00. The Morgan fingerprint density at radius 3 is 2.53 bits per heavy atom. The Kier molecular flexibility index (Phi) is 3.44.